The second-order valence-corrected chi connectivity index (χ2v) is 6.43. The van der Waals surface area contributed by atoms with Crippen molar-refractivity contribution in [2.45, 2.75) is 26.8 Å². The highest BCUT2D eigenvalue weighted by Gasteiger charge is 2.31. The Labute approximate surface area is 160 Å². The number of nitrogens with zero attached hydrogens (tertiary/aromatic N) is 1. The van der Waals surface area contributed by atoms with Gasteiger partial charge in [0.1, 0.15) is 5.75 Å². The van der Waals surface area contributed by atoms with Crippen molar-refractivity contribution in [3.05, 3.63) is 77.1 Å². The maximum Gasteiger partial charge on any atom is 0.573 e. The number of rotatable bonds is 5. The first kappa shape index (κ1) is 19.5. The third kappa shape index (κ3) is 4.03. The van der Waals surface area contributed by atoms with E-state index < -0.39 is 12.3 Å². The monoisotopic (exact) mass is 388 g/mol. The lowest BCUT2D eigenvalue weighted by molar-refractivity contribution is -0.274. The molecule has 0 fully saturated rings. The zero-order valence-electron chi connectivity index (χ0n) is 15.4. The van der Waals surface area contributed by atoms with Crippen LogP contribution in [0.5, 0.6) is 5.75 Å². The third-order valence-electron chi connectivity index (χ3n) is 4.57. The third-order valence-corrected chi connectivity index (χ3v) is 4.57. The summed E-state index contributed by atoms with van der Waals surface area (Å²) in [6.45, 7) is 4.10. The molecule has 3 rings (SSSR count). The molecule has 3 aromatic rings. The molecule has 0 bridgehead atoms. The molecule has 2 aromatic carbocycles. The minimum atomic E-state index is -4.80. The molecule has 28 heavy (non-hydrogen) atoms. The summed E-state index contributed by atoms with van der Waals surface area (Å²) in [4.78, 5) is 12.1. The van der Waals surface area contributed by atoms with Crippen molar-refractivity contribution in [3.8, 4) is 16.9 Å². The molecule has 0 spiro atoms. The molecule has 0 aliphatic carbocycles. The Bertz CT molecular complexity index is 1010. The summed E-state index contributed by atoms with van der Waals surface area (Å²) in [7, 11) is 0. The number of benzene rings is 2. The van der Waals surface area contributed by atoms with Crippen LogP contribution >= 0.6 is 0 Å². The summed E-state index contributed by atoms with van der Waals surface area (Å²) >= 11 is 0. The van der Waals surface area contributed by atoms with E-state index in [9.17, 15) is 18.0 Å². The largest absolute Gasteiger partial charge is 0.573 e. The Kier molecular flexibility index (Phi) is 5.18. The topological polar surface area (TPSA) is 57.3 Å². The molecular formula is C21H19F3N2O2. The molecule has 0 atom stereocenters. The highest BCUT2D eigenvalue weighted by Crippen LogP contribution is 2.35. The normalized spacial score (nSPS) is 11.5. The number of aromatic nitrogens is 1. The molecule has 1 amide bonds. The van der Waals surface area contributed by atoms with Crippen molar-refractivity contribution in [1.82, 2.24) is 4.57 Å². The Morgan fingerprint density at radius 3 is 2.32 bits per heavy atom. The molecule has 146 valence electrons. The number of alkyl halides is 3. The zero-order chi connectivity index (χ0) is 20.5. The average Bonchev–Trinajstić information content (AvgIpc) is 2.86. The molecule has 0 radical (unpaired) electrons. The Morgan fingerprint density at radius 1 is 1.04 bits per heavy atom. The lowest BCUT2D eigenvalue weighted by Gasteiger charge is -2.11. The van der Waals surface area contributed by atoms with Gasteiger partial charge in [-0.15, -0.1) is 13.2 Å². The predicted octanol–water partition coefficient (Wildman–Crippen LogP) is 4.82. The maximum atomic E-state index is 12.6. The van der Waals surface area contributed by atoms with Crippen molar-refractivity contribution in [2.75, 3.05) is 0 Å². The molecule has 1 heterocycles. The summed E-state index contributed by atoms with van der Waals surface area (Å²) in [5.41, 5.74) is 9.26. The first-order valence-corrected chi connectivity index (χ1v) is 8.57. The minimum absolute atomic E-state index is 0.289. The van der Waals surface area contributed by atoms with Gasteiger partial charge in [-0.2, -0.15) is 0 Å². The van der Waals surface area contributed by atoms with Crippen molar-refractivity contribution < 1.29 is 22.7 Å². The van der Waals surface area contributed by atoms with Crippen LogP contribution in [0.2, 0.25) is 0 Å². The summed E-state index contributed by atoms with van der Waals surface area (Å²) < 4.78 is 43.7. The van der Waals surface area contributed by atoms with Gasteiger partial charge in [0.15, 0.2) is 0 Å². The van der Waals surface area contributed by atoms with Gasteiger partial charge < -0.3 is 15.0 Å². The van der Waals surface area contributed by atoms with Gasteiger partial charge in [-0.25, -0.2) is 0 Å². The van der Waals surface area contributed by atoms with E-state index in [4.69, 9.17) is 5.73 Å². The standard InChI is InChI=1S/C21H19F3N2O2/c1-13-18(16-9-6-10-17(11-16)28-21(22,23)24)19(20(25)27)14(2)26(13)12-15-7-4-3-5-8-15/h3-11H,12H2,1-2H3,(H2,25,27). The zero-order valence-corrected chi connectivity index (χ0v) is 15.4. The summed E-state index contributed by atoms with van der Waals surface area (Å²) in [6.07, 6.45) is -4.80. The van der Waals surface area contributed by atoms with Gasteiger partial charge in [0.05, 0.1) is 5.56 Å². The Balaban J connectivity index is 2.12. The van der Waals surface area contributed by atoms with Gasteiger partial charge in [-0.1, -0.05) is 42.5 Å². The number of halogens is 3. The number of primary amides is 1. The van der Waals surface area contributed by atoms with Crippen LogP contribution in [0.3, 0.4) is 0 Å². The van der Waals surface area contributed by atoms with Gasteiger partial charge in [0.25, 0.3) is 5.91 Å². The van der Waals surface area contributed by atoms with Crippen molar-refractivity contribution in [3.63, 3.8) is 0 Å². The van der Waals surface area contributed by atoms with Crippen LogP contribution in [-0.4, -0.2) is 16.8 Å². The quantitative estimate of drug-likeness (QED) is 0.681. The molecule has 0 aliphatic rings. The van der Waals surface area contributed by atoms with E-state index in [1.807, 2.05) is 41.8 Å². The van der Waals surface area contributed by atoms with Crippen molar-refractivity contribution in [2.24, 2.45) is 5.73 Å². The highest BCUT2D eigenvalue weighted by atomic mass is 19.4. The van der Waals surface area contributed by atoms with Gasteiger partial charge >= 0.3 is 6.36 Å². The number of hydrogen-bond donors (Lipinski definition) is 1. The molecule has 4 nitrogen and oxygen atoms in total. The smallest absolute Gasteiger partial charge is 0.406 e. The lowest BCUT2D eigenvalue weighted by Crippen LogP contribution is -2.17. The summed E-state index contributed by atoms with van der Waals surface area (Å²) in [5, 5.41) is 0. The van der Waals surface area contributed by atoms with E-state index >= 15 is 0 Å². The fourth-order valence-corrected chi connectivity index (χ4v) is 3.39. The summed E-state index contributed by atoms with van der Waals surface area (Å²) in [6, 6.07) is 15.2. The Morgan fingerprint density at radius 2 is 1.71 bits per heavy atom. The molecule has 0 aliphatic heterocycles. The SMILES string of the molecule is Cc1c(C(N)=O)c(-c2cccc(OC(F)(F)F)c2)c(C)n1Cc1ccccc1. The maximum absolute atomic E-state index is 12.6. The summed E-state index contributed by atoms with van der Waals surface area (Å²) in [5.74, 6) is -0.988. The minimum Gasteiger partial charge on any atom is -0.406 e. The van der Waals surface area contributed by atoms with E-state index in [1.165, 1.54) is 18.2 Å². The van der Waals surface area contributed by atoms with E-state index in [-0.39, 0.29) is 11.3 Å². The van der Waals surface area contributed by atoms with Crippen LogP contribution < -0.4 is 10.5 Å². The van der Waals surface area contributed by atoms with Crippen LogP contribution in [0.15, 0.2) is 54.6 Å². The molecule has 0 saturated heterocycles. The van der Waals surface area contributed by atoms with Crippen molar-refractivity contribution in [1.29, 1.82) is 0 Å². The predicted molar refractivity (Wildman–Crippen MR) is 100 cm³/mol. The van der Waals surface area contributed by atoms with Crippen LogP contribution in [0.25, 0.3) is 11.1 Å². The van der Waals surface area contributed by atoms with Crippen LogP contribution in [0.1, 0.15) is 27.3 Å². The van der Waals surface area contributed by atoms with E-state index in [2.05, 4.69) is 4.74 Å². The van der Waals surface area contributed by atoms with Gasteiger partial charge in [0, 0.05) is 23.5 Å². The van der Waals surface area contributed by atoms with E-state index in [0.29, 0.717) is 23.4 Å². The number of hydrogen-bond acceptors (Lipinski definition) is 2. The van der Waals surface area contributed by atoms with Gasteiger partial charge in [-0.3, -0.25) is 4.79 Å². The van der Waals surface area contributed by atoms with Gasteiger partial charge in [0.2, 0.25) is 0 Å². The fraction of sp³-hybridized carbons (Fsp3) is 0.190. The first-order chi connectivity index (χ1) is 13.2. The highest BCUT2D eigenvalue weighted by molar-refractivity contribution is 6.02. The van der Waals surface area contributed by atoms with Gasteiger partial charge in [-0.05, 0) is 37.1 Å². The number of carbonyl (C=O) groups excluding carboxylic acids is 1. The number of carbonyl (C=O) groups is 1. The lowest BCUT2D eigenvalue weighted by atomic mass is 10.00. The van der Waals surface area contributed by atoms with E-state index in [0.717, 1.165) is 11.3 Å². The number of nitrogens with two attached hydrogens (primary N) is 1. The first-order valence-electron chi connectivity index (χ1n) is 8.57. The van der Waals surface area contributed by atoms with Crippen molar-refractivity contribution >= 4 is 5.91 Å². The van der Waals surface area contributed by atoms with Crippen LogP contribution in [-0.2, 0) is 6.54 Å². The van der Waals surface area contributed by atoms with E-state index in [1.54, 1.807) is 13.0 Å². The molecule has 2 N–H and O–H groups in total. The molecule has 0 saturated carbocycles. The molecule has 0 unspecified atom stereocenters. The van der Waals surface area contributed by atoms with Crippen LogP contribution in [0, 0.1) is 13.8 Å². The average molecular weight is 388 g/mol. The number of amides is 1. The molecular weight excluding hydrogens is 369 g/mol. The molecule has 7 heteroatoms. The molecule has 1 aromatic heterocycles. The van der Waals surface area contributed by atoms with Crippen LogP contribution in [0.4, 0.5) is 13.2 Å². The Hall–Kier alpha value is -3.22. The number of ether oxygens (including phenoxy) is 1. The fourth-order valence-electron chi connectivity index (χ4n) is 3.39. The second-order valence-electron chi connectivity index (χ2n) is 6.43. The second kappa shape index (κ2) is 7.42.